The molecule has 8 heteroatoms. The van der Waals surface area contributed by atoms with Crippen LogP contribution >= 0.6 is 12.2 Å². The summed E-state index contributed by atoms with van der Waals surface area (Å²) in [6.07, 6.45) is 2.38. The molecular formula is C23H32N4O3S. The van der Waals surface area contributed by atoms with Crippen molar-refractivity contribution in [2.75, 3.05) is 52.5 Å². The van der Waals surface area contributed by atoms with E-state index in [1.165, 1.54) is 0 Å². The number of morpholine rings is 1. The number of thiocarbonyl (C=S) groups is 1. The van der Waals surface area contributed by atoms with Gasteiger partial charge in [0.2, 0.25) is 0 Å². The number of para-hydroxylation sites is 1. The molecule has 168 valence electrons. The molecule has 2 fully saturated rings. The number of benzene rings is 1. The molecule has 1 unspecified atom stereocenters. The number of aromatic nitrogens is 1. The van der Waals surface area contributed by atoms with Crippen molar-refractivity contribution >= 4 is 28.2 Å². The summed E-state index contributed by atoms with van der Waals surface area (Å²) in [4.78, 5) is 20.4. The van der Waals surface area contributed by atoms with Crippen molar-refractivity contribution in [3.05, 3.63) is 45.7 Å². The number of fused-ring (bicyclic) bond motifs is 1. The molecule has 2 aliphatic rings. The third-order valence-corrected chi connectivity index (χ3v) is 6.51. The Morgan fingerprint density at radius 1 is 1.32 bits per heavy atom. The lowest BCUT2D eigenvalue weighted by atomic mass is 10.1. The highest BCUT2D eigenvalue weighted by molar-refractivity contribution is 7.80. The van der Waals surface area contributed by atoms with E-state index in [2.05, 4.69) is 20.1 Å². The largest absolute Gasteiger partial charge is 0.379 e. The van der Waals surface area contributed by atoms with Gasteiger partial charge >= 0.3 is 0 Å². The first-order chi connectivity index (χ1) is 15.1. The van der Waals surface area contributed by atoms with Crippen molar-refractivity contribution < 1.29 is 9.47 Å². The van der Waals surface area contributed by atoms with Crippen LogP contribution in [0.3, 0.4) is 0 Å². The van der Waals surface area contributed by atoms with Gasteiger partial charge in [0, 0.05) is 44.9 Å². The molecule has 2 N–H and O–H groups in total. The van der Waals surface area contributed by atoms with E-state index in [0.717, 1.165) is 80.9 Å². The van der Waals surface area contributed by atoms with Gasteiger partial charge in [0.15, 0.2) is 5.11 Å². The molecule has 1 atom stereocenters. The van der Waals surface area contributed by atoms with Crippen LogP contribution in [0.15, 0.2) is 29.1 Å². The summed E-state index contributed by atoms with van der Waals surface area (Å²) in [5, 5.41) is 5.09. The maximum Gasteiger partial charge on any atom is 0.253 e. The molecule has 0 radical (unpaired) electrons. The number of nitrogens with zero attached hydrogens (tertiary/aromatic N) is 2. The zero-order valence-electron chi connectivity index (χ0n) is 18.2. The van der Waals surface area contributed by atoms with Crippen LogP contribution in [0.5, 0.6) is 0 Å². The lowest BCUT2D eigenvalue weighted by Gasteiger charge is -2.31. The van der Waals surface area contributed by atoms with E-state index in [1.807, 2.05) is 31.2 Å². The predicted octanol–water partition coefficient (Wildman–Crippen LogP) is 2.02. The van der Waals surface area contributed by atoms with Gasteiger partial charge in [0.25, 0.3) is 5.56 Å². The van der Waals surface area contributed by atoms with E-state index in [1.54, 1.807) is 0 Å². The minimum absolute atomic E-state index is 0.0555. The van der Waals surface area contributed by atoms with Crippen molar-refractivity contribution in [2.24, 2.45) is 0 Å². The lowest BCUT2D eigenvalue weighted by molar-refractivity contribution is 0.0356. The van der Waals surface area contributed by atoms with Gasteiger partial charge in [0.05, 0.1) is 31.4 Å². The fourth-order valence-electron chi connectivity index (χ4n) is 4.21. The standard InChI is InChI=1S/C23H32N4O3S/c1-17-4-2-5-18-14-19(22(28)25-21(17)18)16-27(8-7-26-9-12-29-13-10-26)23(31)24-15-20-6-3-11-30-20/h2,4-5,14,20H,3,6-13,15-16H2,1H3,(H,24,31)(H,25,28). The topological polar surface area (TPSA) is 69.8 Å². The van der Waals surface area contributed by atoms with Gasteiger partial charge in [-0.15, -0.1) is 0 Å². The van der Waals surface area contributed by atoms with Crippen LogP contribution in [0.2, 0.25) is 0 Å². The summed E-state index contributed by atoms with van der Waals surface area (Å²) in [6, 6.07) is 8.06. The first kappa shape index (κ1) is 22.2. The summed E-state index contributed by atoms with van der Waals surface area (Å²) in [5.74, 6) is 0. The average Bonchev–Trinajstić information content (AvgIpc) is 3.30. The number of hydrogen-bond donors (Lipinski definition) is 2. The van der Waals surface area contributed by atoms with Crippen molar-refractivity contribution in [1.82, 2.24) is 20.1 Å². The van der Waals surface area contributed by atoms with E-state index in [9.17, 15) is 4.79 Å². The minimum atomic E-state index is -0.0555. The zero-order chi connectivity index (χ0) is 21.6. The van der Waals surface area contributed by atoms with Crippen molar-refractivity contribution in [3.63, 3.8) is 0 Å². The van der Waals surface area contributed by atoms with Crippen molar-refractivity contribution in [3.8, 4) is 0 Å². The molecule has 0 bridgehead atoms. The Morgan fingerprint density at radius 2 is 2.16 bits per heavy atom. The second-order valence-electron chi connectivity index (χ2n) is 8.36. The number of pyridine rings is 1. The van der Waals surface area contributed by atoms with E-state index < -0.39 is 0 Å². The van der Waals surface area contributed by atoms with E-state index in [4.69, 9.17) is 21.7 Å². The average molecular weight is 445 g/mol. The van der Waals surface area contributed by atoms with Crippen LogP contribution in [0, 0.1) is 6.92 Å². The normalized spacial score (nSPS) is 19.6. The molecule has 2 aliphatic heterocycles. The number of aromatic amines is 1. The Bertz CT molecular complexity index is 951. The second kappa shape index (κ2) is 10.5. The molecule has 7 nitrogen and oxygen atoms in total. The number of rotatable bonds is 7. The molecule has 1 aromatic heterocycles. The van der Waals surface area contributed by atoms with Gasteiger partial charge in [-0.3, -0.25) is 9.69 Å². The number of ether oxygens (including phenoxy) is 2. The third kappa shape index (κ3) is 5.83. The SMILES string of the molecule is Cc1cccc2cc(CN(CCN3CCOCC3)C(=S)NCC3CCCO3)c(=O)[nH]c12. The lowest BCUT2D eigenvalue weighted by Crippen LogP contribution is -2.47. The number of nitrogens with one attached hydrogen (secondary N) is 2. The summed E-state index contributed by atoms with van der Waals surface area (Å²) >= 11 is 5.74. The van der Waals surface area contributed by atoms with Gasteiger partial charge in [0.1, 0.15) is 0 Å². The Balaban J connectivity index is 1.48. The van der Waals surface area contributed by atoms with Crippen LogP contribution in [-0.2, 0) is 16.0 Å². The molecule has 4 rings (SSSR count). The minimum Gasteiger partial charge on any atom is -0.379 e. The molecule has 0 aliphatic carbocycles. The fraction of sp³-hybridized carbons (Fsp3) is 0.565. The van der Waals surface area contributed by atoms with Crippen LogP contribution in [-0.4, -0.2) is 78.5 Å². The molecule has 0 spiro atoms. The van der Waals surface area contributed by atoms with Gasteiger partial charge < -0.3 is 24.7 Å². The highest BCUT2D eigenvalue weighted by Gasteiger charge is 2.19. The molecule has 3 heterocycles. The summed E-state index contributed by atoms with van der Waals surface area (Å²) < 4.78 is 11.2. The van der Waals surface area contributed by atoms with Crippen molar-refractivity contribution in [2.45, 2.75) is 32.4 Å². The van der Waals surface area contributed by atoms with Gasteiger partial charge in [-0.05, 0) is 49.0 Å². The summed E-state index contributed by atoms with van der Waals surface area (Å²) in [5.41, 5.74) is 2.63. The molecular weight excluding hydrogens is 412 g/mol. The first-order valence-corrected chi connectivity index (χ1v) is 11.6. The highest BCUT2D eigenvalue weighted by Crippen LogP contribution is 2.16. The second-order valence-corrected chi connectivity index (χ2v) is 8.75. The maximum absolute atomic E-state index is 12.8. The zero-order valence-corrected chi connectivity index (χ0v) is 19.0. The Hall–Kier alpha value is -2.00. The molecule has 1 aromatic carbocycles. The smallest absolute Gasteiger partial charge is 0.253 e. The molecule has 0 saturated carbocycles. The monoisotopic (exact) mass is 444 g/mol. The van der Waals surface area contributed by atoms with Crippen LogP contribution in [0.4, 0.5) is 0 Å². The van der Waals surface area contributed by atoms with E-state index >= 15 is 0 Å². The molecule has 0 amide bonds. The quantitative estimate of drug-likeness (QED) is 0.633. The molecule has 2 aromatic rings. The van der Waals surface area contributed by atoms with Gasteiger partial charge in [-0.2, -0.15) is 0 Å². The highest BCUT2D eigenvalue weighted by atomic mass is 32.1. The Labute approximate surface area is 188 Å². The van der Waals surface area contributed by atoms with Crippen LogP contribution in [0.25, 0.3) is 10.9 Å². The number of aryl methyl sites for hydroxylation is 1. The van der Waals surface area contributed by atoms with Crippen LogP contribution < -0.4 is 10.9 Å². The Kier molecular flexibility index (Phi) is 7.55. The van der Waals surface area contributed by atoms with E-state index in [0.29, 0.717) is 18.2 Å². The Morgan fingerprint density at radius 3 is 2.94 bits per heavy atom. The fourth-order valence-corrected chi connectivity index (χ4v) is 4.45. The molecule has 31 heavy (non-hydrogen) atoms. The van der Waals surface area contributed by atoms with E-state index in [-0.39, 0.29) is 11.7 Å². The molecule has 2 saturated heterocycles. The van der Waals surface area contributed by atoms with Crippen molar-refractivity contribution in [1.29, 1.82) is 0 Å². The summed E-state index contributed by atoms with van der Waals surface area (Å²) in [6.45, 7) is 9.05. The van der Waals surface area contributed by atoms with Gasteiger partial charge in [-0.25, -0.2) is 0 Å². The predicted molar refractivity (Wildman–Crippen MR) is 127 cm³/mol. The number of hydrogen-bond acceptors (Lipinski definition) is 5. The maximum atomic E-state index is 12.8. The first-order valence-electron chi connectivity index (χ1n) is 11.2. The third-order valence-electron chi connectivity index (χ3n) is 6.11. The summed E-state index contributed by atoms with van der Waals surface area (Å²) in [7, 11) is 0. The van der Waals surface area contributed by atoms with Gasteiger partial charge in [-0.1, -0.05) is 18.2 Å². The van der Waals surface area contributed by atoms with Crippen LogP contribution in [0.1, 0.15) is 24.0 Å². The number of H-pyrrole nitrogens is 1.